The van der Waals surface area contributed by atoms with Crippen molar-refractivity contribution < 1.29 is 4.79 Å². The molecule has 1 saturated heterocycles. The Bertz CT molecular complexity index is 1210. The number of carbonyl (C=O) groups is 1. The molecule has 7 nitrogen and oxygen atoms in total. The third-order valence-corrected chi connectivity index (χ3v) is 5.88. The van der Waals surface area contributed by atoms with Gasteiger partial charge in [-0.3, -0.25) is 14.8 Å². The molecule has 1 fully saturated rings. The molecule has 32 heavy (non-hydrogen) atoms. The predicted molar refractivity (Wildman–Crippen MR) is 124 cm³/mol. The number of nitrogens with one attached hydrogen (secondary N) is 1. The van der Waals surface area contributed by atoms with Crippen LogP contribution >= 0.6 is 0 Å². The fraction of sp³-hybridized carbons (Fsp3) is 0.240. The average Bonchev–Trinajstić information content (AvgIpc) is 2.88. The monoisotopic (exact) mass is 424 g/mol. The van der Waals surface area contributed by atoms with Crippen LogP contribution in [0.3, 0.4) is 0 Å². The van der Waals surface area contributed by atoms with Crippen LogP contribution in [0.5, 0.6) is 0 Å². The third kappa shape index (κ3) is 4.27. The summed E-state index contributed by atoms with van der Waals surface area (Å²) in [5.41, 5.74) is 2.87. The molecule has 3 aromatic heterocycles. The van der Waals surface area contributed by atoms with E-state index in [9.17, 15) is 4.79 Å². The van der Waals surface area contributed by atoms with E-state index < -0.39 is 0 Å². The van der Waals surface area contributed by atoms with Crippen molar-refractivity contribution in [1.29, 1.82) is 0 Å². The van der Waals surface area contributed by atoms with Crippen molar-refractivity contribution >= 4 is 22.6 Å². The predicted octanol–water partition coefficient (Wildman–Crippen LogP) is 3.62. The molecular formula is C25H24N6O. The SMILES string of the molecule is O=C(NCc1cccnc1)C1CCN(c2nc(-c3ccncc3)nc3ccccc23)CC1. The number of benzene rings is 1. The molecule has 5 rings (SSSR count). The number of rotatable bonds is 5. The molecule has 0 saturated carbocycles. The highest BCUT2D eigenvalue weighted by Gasteiger charge is 2.27. The third-order valence-electron chi connectivity index (χ3n) is 5.88. The molecule has 4 heterocycles. The van der Waals surface area contributed by atoms with E-state index in [1.807, 2.05) is 42.5 Å². The number of amides is 1. The zero-order valence-corrected chi connectivity index (χ0v) is 17.7. The summed E-state index contributed by atoms with van der Waals surface area (Å²) >= 11 is 0. The maximum Gasteiger partial charge on any atom is 0.223 e. The van der Waals surface area contributed by atoms with Crippen molar-refractivity contribution in [2.24, 2.45) is 5.92 Å². The number of aromatic nitrogens is 4. The first-order valence-electron chi connectivity index (χ1n) is 10.9. The van der Waals surface area contributed by atoms with Gasteiger partial charge in [-0.15, -0.1) is 0 Å². The van der Waals surface area contributed by atoms with Crippen molar-refractivity contribution in [3.63, 3.8) is 0 Å². The molecule has 1 aliphatic rings. The van der Waals surface area contributed by atoms with Crippen molar-refractivity contribution in [3.05, 3.63) is 78.9 Å². The van der Waals surface area contributed by atoms with E-state index in [0.717, 1.165) is 53.8 Å². The number of piperidine rings is 1. The molecule has 0 aliphatic carbocycles. The molecule has 1 aliphatic heterocycles. The van der Waals surface area contributed by atoms with E-state index in [1.54, 1.807) is 24.8 Å². The van der Waals surface area contributed by atoms with Gasteiger partial charge < -0.3 is 10.2 Å². The Morgan fingerprint density at radius 1 is 0.938 bits per heavy atom. The summed E-state index contributed by atoms with van der Waals surface area (Å²) in [6, 6.07) is 15.8. The van der Waals surface area contributed by atoms with Gasteiger partial charge in [0, 0.05) is 61.3 Å². The number of anilines is 1. The molecule has 0 radical (unpaired) electrons. The number of para-hydroxylation sites is 1. The summed E-state index contributed by atoms with van der Waals surface area (Å²) in [5, 5.41) is 4.09. The van der Waals surface area contributed by atoms with E-state index >= 15 is 0 Å². The van der Waals surface area contributed by atoms with Crippen LogP contribution in [0.4, 0.5) is 5.82 Å². The largest absolute Gasteiger partial charge is 0.356 e. The van der Waals surface area contributed by atoms with Crippen LogP contribution in [0.25, 0.3) is 22.3 Å². The standard InChI is InChI=1S/C25H24N6O/c32-25(28-17-18-4-3-11-27-16-18)20-9-14-31(15-10-20)24-21-5-1-2-6-22(21)29-23(30-24)19-7-12-26-13-8-19/h1-8,11-13,16,20H,9-10,14-15,17H2,(H,28,32). The number of fused-ring (bicyclic) bond motifs is 1. The summed E-state index contributed by atoms with van der Waals surface area (Å²) in [6.45, 7) is 2.07. The smallest absolute Gasteiger partial charge is 0.223 e. The first-order valence-corrected chi connectivity index (χ1v) is 10.9. The molecule has 4 aromatic rings. The molecule has 160 valence electrons. The van der Waals surface area contributed by atoms with Crippen LogP contribution in [0, 0.1) is 5.92 Å². The van der Waals surface area contributed by atoms with Gasteiger partial charge in [0.05, 0.1) is 5.52 Å². The molecule has 1 aromatic carbocycles. The minimum atomic E-state index is 0.00990. The summed E-state index contributed by atoms with van der Waals surface area (Å²) in [7, 11) is 0. The highest BCUT2D eigenvalue weighted by atomic mass is 16.1. The summed E-state index contributed by atoms with van der Waals surface area (Å²) < 4.78 is 0. The zero-order chi connectivity index (χ0) is 21.8. The van der Waals surface area contributed by atoms with E-state index in [2.05, 4.69) is 26.3 Å². The number of hydrogen-bond donors (Lipinski definition) is 1. The second-order valence-corrected chi connectivity index (χ2v) is 7.96. The van der Waals surface area contributed by atoms with Crippen molar-refractivity contribution in [1.82, 2.24) is 25.3 Å². The number of carbonyl (C=O) groups excluding carboxylic acids is 1. The van der Waals surface area contributed by atoms with Crippen LogP contribution < -0.4 is 10.2 Å². The Kier molecular flexibility index (Phi) is 5.70. The average molecular weight is 425 g/mol. The minimum absolute atomic E-state index is 0.00990. The van der Waals surface area contributed by atoms with Gasteiger partial charge in [0.2, 0.25) is 5.91 Å². The van der Waals surface area contributed by atoms with Crippen LogP contribution in [-0.2, 0) is 11.3 Å². The highest BCUT2D eigenvalue weighted by molar-refractivity contribution is 5.91. The Labute approximate surface area is 186 Å². The topological polar surface area (TPSA) is 83.9 Å². The lowest BCUT2D eigenvalue weighted by Gasteiger charge is -2.33. The molecule has 7 heteroatoms. The van der Waals surface area contributed by atoms with Crippen molar-refractivity contribution in [2.75, 3.05) is 18.0 Å². The van der Waals surface area contributed by atoms with E-state index in [4.69, 9.17) is 9.97 Å². The first kappa shape index (κ1) is 20.1. The van der Waals surface area contributed by atoms with Crippen LogP contribution in [0.15, 0.2) is 73.3 Å². The van der Waals surface area contributed by atoms with Gasteiger partial charge in [0.15, 0.2) is 5.82 Å². The molecular weight excluding hydrogens is 400 g/mol. The van der Waals surface area contributed by atoms with E-state index in [1.165, 1.54) is 0 Å². The molecule has 1 N–H and O–H groups in total. The Hall–Kier alpha value is -3.87. The van der Waals surface area contributed by atoms with Crippen LogP contribution in [0.1, 0.15) is 18.4 Å². The molecule has 0 atom stereocenters. The summed E-state index contributed by atoms with van der Waals surface area (Å²) in [4.78, 5) is 32.8. The van der Waals surface area contributed by atoms with Gasteiger partial charge in [-0.2, -0.15) is 0 Å². The van der Waals surface area contributed by atoms with Crippen LogP contribution in [-0.4, -0.2) is 38.9 Å². The zero-order valence-electron chi connectivity index (χ0n) is 17.7. The normalized spacial score (nSPS) is 14.4. The number of pyridine rings is 2. The lowest BCUT2D eigenvalue weighted by Crippen LogP contribution is -2.40. The van der Waals surface area contributed by atoms with E-state index in [-0.39, 0.29) is 11.8 Å². The van der Waals surface area contributed by atoms with Gasteiger partial charge in [-0.25, -0.2) is 9.97 Å². The van der Waals surface area contributed by atoms with Crippen molar-refractivity contribution in [2.45, 2.75) is 19.4 Å². The summed E-state index contributed by atoms with van der Waals surface area (Å²) in [6.07, 6.45) is 8.61. The lowest BCUT2D eigenvalue weighted by molar-refractivity contribution is -0.125. The molecule has 1 amide bonds. The maximum absolute atomic E-state index is 12.7. The first-order chi connectivity index (χ1) is 15.8. The van der Waals surface area contributed by atoms with Gasteiger partial charge in [0.25, 0.3) is 0 Å². The highest BCUT2D eigenvalue weighted by Crippen LogP contribution is 2.30. The minimum Gasteiger partial charge on any atom is -0.356 e. The number of hydrogen-bond acceptors (Lipinski definition) is 6. The van der Waals surface area contributed by atoms with Crippen molar-refractivity contribution in [3.8, 4) is 11.4 Å². The molecule has 0 unspecified atom stereocenters. The number of nitrogens with zero attached hydrogens (tertiary/aromatic N) is 5. The van der Waals surface area contributed by atoms with Gasteiger partial charge in [0.1, 0.15) is 5.82 Å². The van der Waals surface area contributed by atoms with Gasteiger partial charge in [-0.1, -0.05) is 18.2 Å². The Morgan fingerprint density at radius 2 is 1.75 bits per heavy atom. The quantitative estimate of drug-likeness (QED) is 0.527. The second kappa shape index (κ2) is 9.09. The van der Waals surface area contributed by atoms with Gasteiger partial charge >= 0.3 is 0 Å². The lowest BCUT2D eigenvalue weighted by atomic mass is 9.95. The Morgan fingerprint density at radius 3 is 2.53 bits per heavy atom. The second-order valence-electron chi connectivity index (χ2n) is 7.96. The molecule has 0 spiro atoms. The van der Waals surface area contributed by atoms with E-state index in [0.29, 0.717) is 12.4 Å². The fourth-order valence-electron chi connectivity index (χ4n) is 4.12. The molecule has 0 bridgehead atoms. The fourth-order valence-corrected chi connectivity index (χ4v) is 4.12. The van der Waals surface area contributed by atoms with Crippen LogP contribution in [0.2, 0.25) is 0 Å². The Balaban J connectivity index is 1.32. The maximum atomic E-state index is 12.7. The summed E-state index contributed by atoms with van der Waals surface area (Å²) in [5.74, 6) is 1.74. The van der Waals surface area contributed by atoms with Gasteiger partial charge in [-0.05, 0) is 48.7 Å².